The van der Waals surface area contributed by atoms with Gasteiger partial charge >= 0.3 is 0 Å². The van der Waals surface area contributed by atoms with E-state index in [4.69, 9.17) is 0 Å². The van der Waals surface area contributed by atoms with Gasteiger partial charge in [0.2, 0.25) is 0 Å². The monoisotopic (exact) mass is 350 g/mol. The molecule has 1 heterocycles. The lowest BCUT2D eigenvalue weighted by Crippen LogP contribution is -2.24. The molecule has 0 radical (unpaired) electrons. The highest BCUT2D eigenvalue weighted by atomic mass is 79.9. The van der Waals surface area contributed by atoms with Gasteiger partial charge < -0.3 is 9.88 Å². The summed E-state index contributed by atoms with van der Waals surface area (Å²) in [5.74, 6) is 1.85. The zero-order chi connectivity index (χ0) is 15.6. The molecule has 112 valence electrons. The molecule has 21 heavy (non-hydrogen) atoms. The molecule has 0 saturated heterocycles. The van der Waals surface area contributed by atoms with Gasteiger partial charge in [0.1, 0.15) is 5.82 Å². The van der Waals surface area contributed by atoms with Crippen LogP contribution in [0.2, 0.25) is 0 Å². The summed E-state index contributed by atoms with van der Waals surface area (Å²) >= 11 is 3.40. The molecule has 0 aliphatic heterocycles. The van der Waals surface area contributed by atoms with Crippen molar-refractivity contribution in [1.29, 1.82) is 0 Å². The minimum Gasteiger partial charge on any atom is -0.345 e. The van der Waals surface area contributed by atoms with Gasteiger partial charge in [0.05, 0.1) is 6.54 Å². The third-order valence-corrected chi connectivity index (χ3v) is 3.68. The summed E-state index contributed by atoms with van der Waals surface area (Å²) in [5, 5.41) is 11.2. The van der Waals surface area contributed by atoms with Gasteiger partial charge in [0.25, 0.3) is 5.91 Å². The number of nitrogens with zero attached hydrogens (tertiary/aromatic N) is 3. The van der Waals surface area contributed by atoms with E-state index in [1.165, 1.54) is 0 Å². The molecule has 1 N–H and O–H groups in total. The fourth-order valence-corrected chi connectivity index (χ4v) is 2.77. The van der Waals surface area contributed by atoms with Gasteiger partial charge in [-0.3, -0.25) is 4.79 Å². The predicted molar refractivity (Wildman–Crippen MR) is 85.1 cm³/mol. The Labute approximate surface area is 132 Å². The van der Waals surface area contributed by atoms with Crippen molar-refractivity contribution >= 4 is 21.8 Å². The average Bonchev–Trinajstić information content (AvgIpc) is 2.76. The van der Waals surface area contributed by atoms with Crippen LogP contribution < -0.4 is 5.32 Å². The smallest absolute Gasteiger partial charge is 0.251 e. The Hall–Kier alpha value is -1.69. The maximum atomic E-state index is 12.2. The molecule has 1 amide bonds. The Morgan fingerprint density at radius 1 is 1.33 bits per heavy atom. The number of carbonyl (C=O) groups excluding carboxylic acids is 1. The number of hydrogen-bond donors (Lipinski definition) is 1. The third-order valence-electron chi connectivity index (χ3n) is 3.23. The lowest BCUT2D eigenvalue weighted by molar-refractivity contribution is 0.0949. The summed E-state index contributed by atoms with van der Waals surface area (Å²) in [6.45, 7) is 6.45. The number of halogens is 1. The molecule has 0 spiro atoms. The van der Waals surface area contributed by atoms with E-state index < -0.39 is 0 Å². The molecule has 0 aliphatic rings. The van der Waals surface area contributed by atoms with Crippen molar-refractivity contribution in [2.24, 2.45) is 7.05 Å². The average molecular weight is 351 g/mol. The van der Waals surface area contributed by atoms with Crippen LogP contribution in [-0.2, 0) is 13.6 Å². The summed E-state index contributed by atoms with van der Waals surface area (Å²) in [6, 6.07) is 5.63. The lowest BCUT2D eigenvalue weighted by Gasteiger charge is -2.08. The minimum atomic E-state index is -0.117. The highest BCUT2D eigenvalue weighted by Crippen LogP contribution is 2.15. The van der Waals surface area contributed by atoms with Crippen LogP contribution in [-0.4, -0.2) is 20.7 Å². The van der Waals surface area contributed by atoms with E-state index in [0.29, 0.717) is 18.0 Å². The Bertz CT molecular complexity index is 643. The second kappa shape index (κ2) is 6.39. The Morgan fingerprint density at radius 3 is 2.62 bits per heavy atom. The van der Waals surface area contributed by atoms with Crippen molar-refractivity contribution in [1.82, 2.24) is 20.1 Å². The van der Waals surface area contributed by atoms with Crippen molar-refractivity contribution in [2.45, 2.75) is 33.2 Å². The van der Waals surface area contributed by atoms with Gasteiger partial charge in [-0.15, -0.1) is 10.2 Å². The molecule has 0 bridgehead atoms. The standard InChI is InChI=1S/C15H19BrN4O/c1-9(2)14-19-18-13(20(14)4)8-17-15(21)11-5-10(3)6-12(16)7-11/h5-7,9H,8H2,1-4H3,(H,17,21). The highest BCUT2D eigenvalue weighted by Gasteiger charge is 2.13. The zero-order valence-electron chi connectivity index (χ0n) is 12.6. The third kappa shape index (κ3) is 3.69. The van der Waals surface area contributed by atoms with Crippen molar-refractivity contribution in [3.05, 3.63) is 45.4 Å². The van der Waals surface area contributed by atoms with Crippen LogP contribution in [0.4, 0.5) is 0 Å². The van der Waals surface area contributed by atoms with Crippen LogP contribution in [0.1, 0.15) is 47.3 Å². The first-order valence-corrected chi connectivity index (χ1v) is 7.61. The van der Waals surface area contributed by atoms with E-state index in [0.717, 1.165) is 21.7 Å². The maximum absolute atomic E-state index is 12.2. The van der Waals surface area contributed by atoms with Gasteiger partial charge in [0, 0.05) is 23.0 Å². The molecule has 2 rings (SSSR count). The number of rotatable bonds is 4. The molecule has 0 fully saturated rings. The normalized spacial score (nSPS) is 11.0. The summed E-state index contributed by atoms with van der Waals surface area (Å²) < 4.78 is 2.82. The molecule has 6 heteroatoms. The SMILES string of the molecule is Cc1cc(Br)cc(C(=O)NCc2nnc(C(C)C)n2C)c1. The number of benzene rings is 1. The van der Waals surface area contributed by atoms with E-state index in [1.54, 1.807) is 6.07 Å². The lowest BCUT2D eigenvalue weighted by atomic mass is 10.1. The number of hydrogen-bond acceptors (Lipinski definition) is 3. The van der Waals surface area contributed by atoms with Crippen molar-refractivity contribution in [2.75, 3.05) is 0 Å². The maximum Gasteiger partial charge on any atom is 0.251 e. The summed E-state index contributed by atoms with van der Waals surface area (Å²) in [7, 11) is 1.92. The van der Waals surface area contributed by atoms with E-state index in [-0.39, 0.29) is 5.91 Å². The van der Waals surface area contributed by atoms with Crippen LogP contribution in [0.15, 0.2) is 22.7 Å². The molecule has 0 saturated carbocycles. The first-order chi connectivity index (χ1) is 9.88. The second-order valence-corrected chi connectivity index (χ2v) is 6.30. The molecule has 2 aromatic rings. The fraction of sp³-hybridized carbons (Fsp3) is 0.400. The topological polar surface area (TPSA) is 59.8 Å². The summed E-state index contributed by atoms with van der Waals surface area (Å²) in [6.07, 6.45) is 0. The predicted octanol–water partition coefficient (Wildman–Crippen LogP) is 2.94. The quantitative estimate of drug-likeness (QED) is 0.921. The van der Waals surface area contributed by atoms with E-state index in [2.05, 4.69) is 45.3 Å². The number of amides is 1. The Morgan fingerprint density at radius 2 is 2.05 bits per heavy atom. The zero-order valence-corrected chi connectivity index (χ0v) is 14.2. The van der Waals surface area contributed by atoms with E-state index in [9.17, 15) is 4.79 Å². The molecule has 0 unspecified atom stereocenters. The first kappa shape index (κ1) is 15.7. The molecular weight excluding hydrogens is 332 g/mol. The Balaban J connectivity index is 2.07. The Kier molecular flexibility index (Phi) is 4.77. The molecule has 1 aromatic carbocycles. The van der Waals surface area contributed by atoms with Crippen molar-refractivity contribution in [3.63, 3.8) is 0 Å². The van der Waals surface area contributed by atoms with Gasteiger partial charge in [0.15, 0.2) is 5.82 Å². The van der Waals surface area contributed by atoms with E-state index >= 15 is 0 Å². The van der Waals surface area contributed by atoms with Gasteiger partial charge in [-0.2, -0.15) is 0 Å². The number of nitrogens with one attached hydrogen (secondary N) is 1. The van der Waals surface area contributed by atoms with Gasteiger partial charge in [-0.25, -0.2) is 0 Å². The van der Waals surface area contributed by atoms with Crippen LogP contribution >= 0.6 is 15.9 Å². The van der Waals surface area contributed by atoms with Crippen LogP contribution in [0.25, 0.3) is 0 Å². The molecule has 0 aliphatic carbocycles. The van der Waals surface area contributed by atoms with Crippen LogP contribution in [0.3, 0.4) is 0 Å². The van der Waals surface area contributed by atoms with Crippen molar-refractivity contribution in [3.8, 4) is 0 Å². The fourth-order valence-electron chi connectivity index (χ4n) is 2.16. The van der Waals surface area contributed by atoms with Gasteiger partial charge in [-0.05, 0) is 30.7 Å². The van der Waals surface area contributed by atoms with Crippen molar-refractivity contribution < 1.29 is 4.79 Å². The number of aromatic nitrogens is 3. The van der Waals surface area contributed by atoms with E-state index in [1.807, 2.05) is 30.7 Å². The summed E-state index contributed by atoms with van der Waals surface area (Å²) in [4.78, 5) is 12.2. The minimum absolute atomic E-state index is 0.117. The molecule has 0 atom stereocenters. The van der Waals surface area contributed by atoms with Crippen LogP contribution in [0.5, 0.6) is 0 Å². The largest absolute Gasteiger partial charge is 0.345 e. The molecule has 1 aromatic heterocycles. The summed E-state index contributed by atoms with van der Waals surface area (Å²) in [5.41, 5.74) is 1.67. The highest BCUT2D eigenvalue weighted by molar-refractivity contribution is 9.10. The number of aryl methyl sites for hydroxylation is 1. The number of carbonyl (C=O) groups is 1. The molecule has 5 nitrogen and oxygen atoms in total. The van der Waals surface area contributed by atoms with Gasteiger partial charge in [-0.1, -0.05) is 29.8 Å². The van der Waals surface area contributed by atoms with Crippen LogP contribution in [0, 0.1) is 6.92 Å². The molecular formula is C15H19BrN4O. The first-order valence-electron chi connectivity index (χ1n) is 6.82. The second-order valence-electron chi connectivity index (χ2n) is 5.39.